The van der Waals surface area contributed by atoms with Gasteiger partial charge < -0.3 is 20.3 Å². The molecule has 2 atom stereocenters. The van der Waals surface area contributed by atoms with Gasteiger partial charge in [-0.2, -0.15) is 0 Å². The standard InChI is InChI=1S/C17H19NO4/c1-21-17(20)15(18)16(19)13-7-9-14(10-8-13)22-11-12-5-3-2-4-6-12/h2-10,15-16,19H,11,18H2,1H3/t15-,16-/m1/s1. The van der Waals surface area contributed by atoms with Gasteiger partial charge in [-0.3, -0.25) is 4.79 Å². The number of ether oxygens (including phenoxy) is 2. The number of esters is 1. The number of nitrogens with two attached hydrogens (primary N) is 1. The van der Waals surface area contributed by atoms with Gasteiger partial charge in [0.2, 0.25) is 0 Å². The molecule has 0 saturated carbocycles. The van der Waals surface area contributed by atoms with Crippen molar-refractivity contribution in [3.8, 4) is 5.75 Å². The predicted molar refractivity (Wildman–Crippen MR) is 82.2 cm³/mol. The van der Waals surface area contributed by atoms with Crippen LogP contribution in [-0.2, 0) is 16.1 Å². The molecular formula is C17H19NO4. The van der Waals surface area contributed by atoms with Gasteiger partial charge in [-0.15, -0.1) is 0 Å². The Hall–Kier alpha value is -2.37. The maximum absolute atomic E-state index is 11.3. The highest BCUT2D eigenvalue weighted by molar-refractivity contribution is 5.76. The zero-order valence-corrected chi connectivity index (χ0v) is 12.3. The summed E-state index contributed by atoms with van der Waals surface area (Å²) in [6.07, 6.45) is -1.12. The highest BCUT2D eigenvalue weighted by atomic mass is 16.5. The van der Waals surface area contributed by atoms with Crippen molar-refractivity contribution in [2.24, 2.45) is 5.73 Å². The van der Waals surface area contributed by atoms with Crippen LogP contribution in [0, 0.1) is 0 Å². The number of rotatable bonds is 6. The smallest absolute Gasteiger partial charge is 0.325 e. The van der Waals surface area contributed by atoms with Crippen LogP contribution in [0.15, 0.2) is 54.6 Å². The van der Waals surface area contributed by atoms with Crippen molar-refractivity contribution in [2.45, 2.75) is 18.8 Å². The normalized spacial score (nSPS) is 13.2. The van der Waals surface area contributed by atoms with Crippen LogP contribution in [0.4, 0.5) is 0 Å². The molecule has 2 rings (SSSR count). The van der Waals surface area contributed by atoms with E-state index in [4.69, 9.17) is 10.5 Å². The molecule has 116 valence electrons. The summed E-state index contributed by atoms with van der Waals surface area (Å²) in [4.78, 5) is 11.3. The van der Waals surface area contributed by atoms with Gasteiger partial charge in [-0.05, 0) is 23.3 Å². The summed E-state index contributed by atoms with van der Waals surface area (Å²) in [5, 5.41) is 10.0. The van der Waals surface area contributed by atoms with Crippen molar-refractivity contribution in [3.63, 3.8) is 0 Å². The Morgan fingerprint density at radius 1 is 1.14 bits per heavy atom. The van der Waals surface area contributed by atoms with Crippen molar-refractivity contribution < 1.29 is 19.4 Å². The van der Waals surface area contributed by atoms with E-state index in [1.807, 2.05) is 30.3 Å². The second-order valence-electron chi connectivity index (χ2n) is 4.84. The average Bonchev–Trinajstić information content (AvgIpc) is 2.59. The molecule has 0 aromatic heterocycles. The van der Waals surface area contributed by atoms with E-state index in [-0.39, 0.29) is 0 Å². The number of benzene rings is 2. The van der Waals surface area contributed by atoms with Crippen molar-refractivity contribution in [1.29, 1.82) is 0 Å². The van der Waals surface area contributed by atoms with Crippen LogP contribution in [0.5, 0.6) is 5.75 Å². The largest absolute Gasteiger partial charge is 0.489 e. The molecule has 5 nitrogen and oxygen atoms in total. The fourth-order valence-electron chi connectivity index (χ4n) is 1.97. The molecule has 3 N–H and O–H groups in total. The summed E-state index contributed by atoms with van der Waals surface area (Å²) in [5.41, 5.74) is 7.22. The maximum atomic E-state index is 11.3. The third kappa shape index (κ3) is 4.07. The molecule has 0 radical (unpaired) electrons. The number of aliphatic hydroxyl groups is 1. The van der Waals surface area contributed by atoms with E-state index >= 15 is 0 Å². The first-order valence-corrected chi connectivity index (χ1v) is 6.90. The van der Waals surface area contributed by atoms with Crippen LogP contribution in [0.25, 0.3) is 0 Å². The summed E-state index contributed by atoms with van der Waals surface area (Å²) >= 11 is 0. The van der Waals surface area contributed by atoms with E-state index in [1.165, 1.54) is 7.11 Å². The number of carbonyl (C=O) groups is 1. The van der Waals surface area contributed by atoms with E-state index in [9.17, 15) is 9.90 Å². The van der Waals surface area contributed by atoms with Gasteiger partial charge in [0.1, 0.15) is 24.5 Å². The van der Waals surface area contributed by atoms with Crippen molar-refractivity contribution in [1.82, 2.24) is 0 Å². The summed E-state index contributed by atoms with van der Waals surface area (Å²) in [5.74, 6) is 0.0170. The number of aliphatic hydroxyl groups excluding tert-OH is 1. The number of hydrogen-bond donors (Lipinski definition) is 2. The van der Waals surface area contributed by atoms with Gasteiger partial charge in [0.05, 0.1) is 7.11 Å². The SMILES string of the molecule is COC(=O)[C@H](N)[C@H](O)c1ccc(OCc2ccccc2)cc1. The Morgan fingerprint density at radius 3 is 2.36 bits per heavy atom. The van der Waals surface area contributed by atoms with Crippen LogP contribution in [0.2, 0.25) is 0 Å². The molecule has 5 heteroatoms. The lowest BCUT2D eigenvalue weighted by atomic mass is 10.0. The molecule has 0 saturated heterocycles. The molecule has 0 unspecified atom stereocenters. The van der Waals surface area contributed by atoms with E-state index in [0.717, 1.165) is 5.56 Å². The Balaban J connectivity index is 1.96. The Kier molecular flexibility index (Phi) is 5.52. The monoisotopic (exact) mass is 301 g/mol. The van der Waals surface area contributed by atoms with Gasteiger partial charge in [-0.1, -0.05) is 42.5 Å². The van der Waals surface area contributed by atoms with Gasteiger partial charge in [0.25, 0.3) is 0 Å². The van der Waals surface area contributed by atoms with Crippen LogP contribution < -0.4 is 10.5 Å². The number of carbonyl (C=O) groups excluding carboxylic acids is 1. The predicted octanol–water partition coefficient (Wildman–Crippen LogP) is 1.80. The quantitative estimate of drug-likeness (QED) is 0.795. The average molecular weight is 301 g/mol. The molecule has 0 aliphatic heterocycles. The van der Waals surface area contributed by atoms with E-state index < -0.39 is 18.1 Å². The zero-order chi connectivity index (χ0) is 15.9. The van der Waals surface area contributed by atoms with E-state index in [2.05, 4.69) is 4.74 Å². The Morgan fingerprint density at radius 2 is 1.77 bits per heavy atom. The zero-order valence-electron chi connectivity index (χ0n) is 12.3. The highest BCUT2D eigenvalue weighted by Gasteiger charge is 2.24. The van der Waals surface area contributed by atoms with Crippen LogP contribution in [0.3, 0.4) is 0 Å². The summed E-state index contributed by atoms with van der Waals surface area (Å²) < 4.78 is 10.2. The molecule has 0 amide bonds. The minimum Gasteiger partial charge on any atom is -0.489 e. The molecule has 0 aliphatic rings. The molecule has 2 aromatic rings. The lowest BCUT2D eigenvalue weighted by Crippen LogP contribution is -2.37. The van der Waals surface area contributed by atoms with Gasteiger partial charge in [-0.25, -0.2) is 0 Å². The van der Waals surface area contributed by atoms with Crippen molar-refractivity contribution in [2.75, 3.05) is 7.11 Å². The fraction of sp³-hybridized carbons (Fsp3) is 0.235. The molecular weight excluding hydrogens is 282 g/mol. The Labute approximate surface area is 129 Å². The minimum absolute atomic E-state index is 0.463. The summed E-state index contributed by atoms with van der Waals surface area (Å²) in [7, 11) is 1.23. The van der Waals surface area contributed by atoms with Gasteiger partial charge >= 0.3 is 5.97 Å². The number of hydrogen-bond acceptors (Lipinski definition) is 5. The third-order valence-corrected chi connectivity index (χ3v) is 3.28. The summed E-state index contributed by atoms with van der Waals surface area (Å²) in [6.45, 7) is 0.463. The van der Waals surface area contributed by atoms with Crippen LogP contribution in [0.1, 0.15) is 17.2 Å². The molecule has 0 fully saturated rings. The van der Waals surface area contributed by atoms with E-state index in [0.29, 0.717) is 17.9 Å². The van der Waals surface area contributed by atoms with Crippen molar-refractivity contribution in [3.05, 3.63) is 65.7 Å². The van der Waals surface area contributed by atoms with Crippen molar-refractivity contribution >= 4 is 5.97 Å². The van der Waals surface area contributed by atoms with Gasteiger partial charge in [0.15, 0.2) is 0 Å². The molecule has 22 heavy (non-hydrogen) atoms. The first-order valence-electron chi connectivity index (χ1n) is 6.90. The molecule has 0 aliphatic carbocycles. The Bertz CT molecular complexity index is 598. The minimum atomic E-state index is -1.12. The fourth-order valence-corrected chi connectivity index (χ4v) is 1.97. The topological polar surface area (TPSA) is 81.8 Å². The maximum Gasteiger partial charge on any atom is 0.325 e. The lowest BCUT2D eigenvalue weighted by molar-refractivity contribution is -0.145. The molecule has 0 bridgehead atoms. The second kappa shape index (κ2) is 7.59. The first kappa shape index (κ1) is 16.0. The summed E-state index contributed by atoms with van der Waals surface area (Å²) in [6, 6.07) is 15.5. The third-order valence-electron chi connectivity index (χ3n) is 3.28. The molecule has 0 spiro atoms. The van der Waals surface area contributed by atoms with E-state index in [1.54, 1.807) is 24.3 Å². The van der Waals surface area contributed by atoms with Crippen LogP contribution >= 0.6 is 0 Å². The first-order chi connectivity index (χ1) is 10.6. The molecule has 0 heterocycles. The van der Waals surface area contributed by atoms with Gasteiger partial charge in [0, 0.05) is 0 Å². The molecule has 2 aromatic carbocycles. The van der Waals surface area contributed by atoms with Crippen LogP contribution in [-0.4, -0.2) is 24.2 Å². The number of methoxy groups -OCH3 is 1. The lowest BCUT2D eigenvalue weighted by Gasteiger charge is -2.17. The highest BCUT2D eigenvalue weighted by Crippen LogP contribution is 2.21. The second-order valence-corrected chi connectivity index (χ2v) is 4.84.